The third kappa shape index (κ3) is 25.3. The van der Waals surface area contributed by atoms with E-state index in [1.807, 2.05) is 0 Å². The second kappa shape index (κ2) is 29.9. The van der Waals surface area contributed by atoms with Crippen LogP contribution in [0.15, 0.2) is 0 Å². The van der Waals surface area contributed by atoms with Crippen molar-refractivity contribution in [3.8, 4) is 0 Å². The van der Waals surface area contributed by atoms with Crippen LogP contribution in [0.5, 0.6) is 0 Å². The molecule has 0 saturated carbocycles. The molecule has 3 nitrogen and oxygen atoms in total. The molecule has 0 fully saturated rings. The maximum atomic E-state index is 12.5. The van der Waals surface area contributed by atoms with Crippen LogP contribution < -0.4 is 0 Å². The minimum Gasteiger partial charge on any atom is -0.392 e. The fraction of sp³-hybridized carbons (Fsp3) is 0.941. The summed E-state index contributed by atoms with van der Waals surface area (Å²) in [6, 6.07) is 0. The van der Waals surface area contributed by atoms with Gasteiger partial charge in [0.05, 0.1) is 12.0 Å². The second-order valence-electron chi connectivity index (χ2n) is 11.7. The molecule has 0 radical (unpaired) electrons. The number of unbranched alkanes of at least 4 members (excludes halogenated alkanes) is 24. The number of aldehydes is 1. The first-order valence-corrected chi connectivity index (χ1v) is 16.8. The van der Waals surface area contributed by atoms with Crippen molar-refractivity contribution in [2.45, 2.75) is 200 Å². The van der Waals surface area contributed by atoms with Gasteiger partial charge in [-0.3, -0.25) is 4.79 Å². The third-order valence-electron chi connectivity index (χ3n) is 8.06. The maximum absolute atomic E-state index is 12.5. The molecule has 3 heteroatoms. The van der Waals surface area contributed by atoms with Crippen LogP contribution in [0.2, 0.25) is 0 Å². The highest BCUT2D eigenvalue weighted by atomic mass is 16.3. The van der Waals surface area contributed by atoms with Crippen molar-refractivity contribution < 1.29 is 14.7 Å². The summed E-state index contributed by atoms with van der Waals surface area (Å²) in [6.45, 7) is 4.53. The van der Waals surface area contributed by atoms with Crippen molar-refractivity contribution in [2.75, 3.05) is 0 Å². The SMILES string of the molecule is CCCCCCCCCCCCCCCC(=O)C(C=O)C(O)CCCCCCCCCCCCCCC. The molecular weight excluding hydrogens is 456 g/mol. The van der Waals surface area contributed by atoms with E-state index in [4.69, 9.17) is 0 Å². The van der Waals surface area contributed by atoms with Gasteiger partial charge in [0.25, 0.3) is 0 Å². The van der Waals surface area contributed by atoms with Crippen LogP contribution in [0, 0.1) is 5.92 Å². The monoisotopic (exact) mass is 523 g/mol. The summed E-state index contributed by atoms with van der Waals surface area (Å²) in [7, 11) is 0. The van der Waals surface area contributed by atoms with Crippen molar-refractivity contribution in [1.82, 2.24) is 0 Å². The van der Waals surface area contributed by atoms with Gasteiger partial charge in [-0.2, -0.15) is 0 Å². The summed E-state index contributed by atoms with van der Waals surface area (Å²) in [4.78, 5) is 23.9. The molecule has 0 saturated heterocycles. The van der Waals surface area contributed by atoms with E-state index < -0.39 is 12.0 Å². The molecule has 2 unspecified atom stereocenters. The summed E-state index contributed by atoms with van der Waals surface area (Å²) in [5, 5.41) is 10.4. The predicted molar refractivity (Wildman–Crippen MR) is 161 cm³/mol. The van der Waals surface area contributed by atoms with E-state index >= 15 is 0 Å². The largest absolute Gasteiger partial charge is 0.392 e. The van der Waals surface area contributed by atoms with Gasteiger partial charge in [-0.1, -0.05) is 174 Å². The van der Waals surface area contributed by atoms with Gasteiger partial charge in [0, 0.05) is 6.42 Å². The molecule has 220 valence electrons. The molecule has 0 amide bonds. The van der Waals surface area contributed by atoms with Gasteiger partial charge in [-0.15, -0.1) is 0 Å². The summed E-state index contributed by atoms with van der Waals surface area (Å²) in [5.41, 5.74) is 0. The summed E-state index contributed by atoms with van der Waals surface area (Å²) in [6.07, 6.45) is 34.3. The zero-order chi connectivity index (χ0) is 27.2. The van der Waals surface area contributed by atoms with Gasteiger partial charge >= 0.3 is 0 Å². The molecule has 37 heavy (non-hydrogen) atoms. The number of carbonyl (C=O) groups excluding carboxylic acids is 2. The second-order valence-corrected chi connectivity index (χ2v) is 11.7. The zero-order valence-electron chi connectivity index (χ0n) is 25.3. The predicted octanol–water partition coefficient (Wildman–Crippen LogP) is 10.7. The lowest BCUT2D eigenvalue weighted by atomic mass is 9.91. The number of hydrogen-bond acceptors (Lipinski definition) is 3. The molecule has 0 aromatic heterocycles. The fourth-order valence-corrected chi connectivity index (χ4v) is 5.42. The Bertz CT molecular complexity index is 476. The van der Waals surface area contributed by atoms with Crippen LogP contribution in [-0.4, -0.2) is 23.3 Å². The van der Waals surface area contributed by atoms with Crippen molar-refractivity contribution in [1.29, 1.82) is 0 Å². The molecule has 0 aromatic rings. The van der Waals surface area contributed by atoms with Crippen molar-refractivity contribution in [3.63, 3.8) is 0 Å². The minimum absolute atomic E-state index is 0.0553. The Morgan fingerprint density at radius 1 is 0.514 bits per heavy atom. The van der Waals surface area contributed by atoms with Gasteiger partial charge in [0.15, 0.2) is 0 Å². The molecule has 0 aliphatic heterocycles. The Balaban J connectivity index is 3.57. The third-order valence-corrected chi connectivity index (χ3v) is 8.06. The Morgan fingerprint density at radius 3 is 1.14 bits per heavy atom. The lowest BCUT2D eigenvalue weighted by Crippen LogP contribution is -2.29. The van der Waals surface area contributed by atoms with Crippen LogP contribution in [0.3, 0.4) is 0 Å². The van der Waals surface area contributed by atoms with Crippen LogP contribution in [0.4, 0.5) is 0 Å². The number of rotatable bonds is 31. The van der Waals surface area contributed by atoms with E-state index in [1.165, 1.54) is 141 Å². The van der Waals surface area contributed by atoms with E-state index in [0.29, 0.717) is 19.1 Å². The van der Waals surface area contributed by atoms with Gasteiger partial charge in [-0.25, -0.2) is 0 Å². The zero-order valence-corrected chi connectivity index (χ0v) is 25.3. The van der Waals surface area contributed by atoms with Crippen molar-refractivity contribution in [2.24, 2.45) is 5.92 Å². The van der Waals surface area contributed by atoms with E-state index in [1.54, 1.807) is 0 Å². The molecule has 1 N–H and O–H groups in total. The van der Waals surface area contributed by atoms with E-state index in [2.05, 4.69) is 13.8 Å². The number of Topliss-reactive ketones (excluding diaryl/α,β-unsaturated/α-hetero) is 1. The summed E-state index contributed by atoms with van der Waals surface area (Å²) >= 11 is 0. The minimum atomic E-state index is -0.811. The van der Waals surface area contributed by atoms with Crippen molar-refractivity contribution >= 4 is 12.1 Å². The number of carbonyl (C=O) groups is 2. The Morgan fingerprint density at radius 2 is 0.811 bits per heavy atom. The van der Waals surface area contributed by atoms with E-state index in [0.717, 1.165) is 25.7 Å². The Hall–Kier alpha value is -0.700. The van der Waals surface area contributed by atoms with Gasteiger partial charge in [-0.05, 0) is 12.8 Å². The van der Waals surface area contributed by atoms with E-state index in [-0.39, 0.29) is 5.78 Å². The van der Waals surface area contributed by atoms with Gasteiger partial charge in [0.1, 0.15) is 12.1 Å². The van der Waals surface area contributed by atoms with Crippen LogP contribution >= 0.6 is 0 Å². The topological polar surface area (TPSA) is 54.4 Å². The average Bonchev–Trinajstić information content (AvgIpc) is 2.90. The molecule has 2 atom stereocenters. The maximum Gasteiger partial charge on any atom is 0.145 e. The molecule has 0 aliphatic rings. The molecule has 0 heterocycles. The first-order valence-electron chi connectivity index (χ1n) is 16.8. The number of hydrogen-bond donors (Lipinski definition) is 1. The molecule has 0 bridgehead atoms. The number of ketones is 1. The fourth-order valence-electron chi connectivity index (χ4n) is 5.42. The Labute approximate surface area is 232 Å². The van der Waals surface area contributed by atoms with Crippen molar-refractivity contribution in [3.05, 3.63) is 0 Å². The standard InChI is InChI=1S/C34H66O3/c1-3-5-7-9-11-13-15-17-19-21-23-25-27-29-33(36)32(31-35)34(37)30-28-26-24-22-20-18-16-14-12-10-8-6-4-2/h31-33,36H,3-30H2,1-2H3. The quantitative estimate of drug-likeness (QED) is 0.0559. The van der Waals surface area contributed by atoms with Crippen LogP contribution in [0.25, 0.3) is 0 Å². The number of aliphatic hydroxyl groups excluding tert-OH is 1. The molecule has 0 aliphatic carbocycles. The highest BCUT2D eigenvalue weighted by Gasteiger charge is 2.25. The van der Waals surface area contributed by atoms with Gasteiger partial charge in [0.2, 0.25) is 0 Å². The first-order chi connectivity index (χ1) is 18.2. The molecule has 0 rings (SSSR count). The lowest BCUT2D eigenvalue weighted by molar-refractivity contribution is -0.131. The Kier molecular flexibility index (Phi) is 29.3. The molecule has 0 spiro atoms. The molecular formula is C34H66O3. The highest BCUT2D eigenvalue weighted by Crippen LogP contribution is 2.18. The van der Waals surface area contributed by atoms with Crippen LogP contribution in [0.1, 0.15) is 194 Å². The normalized spacial score (nSPS) is 13.1. The highest BCUT2D eigenvalue weighted by molar-refractivity contribution is 5.93. The summed E-state index contributed by atoms with van der Waals surface area (Å²) in [5.74, 6) is -0.866. The number of aliphatic hydroxyl groups is 1. The van der Waals surface area contributed by atoms with Crippen LogP contribution in [-0.2, 0) is 9.59 Å². The summed E-state index contributed by atoms with van der Waals surface area (Å²) < 4.78 is 0. The van der Waals surface area contributed by atoms with E-state index in [9.17, 15) is 14.7 Å². The molecule has 0 aromatic carbocycles. The average molecular weight is 523 g/mol. The lowest BCUT2D eigenvalue weighted by Gasteiger charge is -2.16. The van der Waals surface area contributed by atoms with Gasteiger partial charge < -0.3 is 9.90 Å². The smallest absolute Gasteiger partial charge is 0.145 e. The first kappa shape index (κ1) is 36.3.